The summed E-state index contributed by atoms with van der Waals surface area (Å²) in [5.41, 5.74) is 5.68. The number of nitrogens with two attached hydrogens (primary N) is 1. The molecule has 1 aliphatic heterocycles. The third-order valence-corrected chi connectivity index (χ3v) is 4.01. The molecule has 0 aromatic carbocycles. The maximum absolute atomic E-state index is 12.0. The molecule has 112 valence electrons. The number of nitrogens with zero attached hydrogens (tertiary/aromatic N) is 1. The van der Waals surface area contributed by atoms with Gasteiger partial charge in [-0.25, -0.2) is 0 Å². The molecule has 0 spiro atoms. The predicted molar refractivity (Wildman–Crippen MR) is 79.8 cm³/mol. The van der Waals surface area contributed by atoms with Crippen LogP contribution >= 0.6 is 0 Å². The van der Waals surface area contributed by atoms with Gasteiger partial charge < -0.3 is 16.0 Å². The van der Waals surface area contributed by atoms with E-state index in [0.717, 1.165) is 25.4 Å². The van der Waals surface area contributed by atoms with E-state index in [1.54, 1.807) is 0 Å². The molecule has 0 bridgehead atoms. The van der Waals surface area contributed by atoms with E-state index in [1.165, 1.54) is 25.9 Å². The van der Waals surface area contributed by atoms with Crippen molar-refractivity contribution in [2.75, 3.05) is 32.7 Å². The standard InChI is InChI=1S/C15H31N3O/c1-12(2)10-14(11-16)15(19)17-6-9-18-7-4-13(3)5-8-18/h12-14H,4-11,16H2,1-3H3,(H,17,19). The molecule has 1 heterocycles. The van der Waals surface area contributed by atoms with Crippen LogP contribution in [-0.2, 0) is 4.79 Å². The monoisotopic (exact) mass is 269 g/mol. The SMILES string of the molecule is CC(C)CC(CN)C(=O)NCCN1CCC(C)CC1. The van der Waals surface area contributed by atoms with Crippen LogP contribution < -0.4 is 11.1 Å². The number of piperidine rings is 1. The van der Waals surface area contributed by atoms with E-state index in [1.807, 2.05) is 0 Å². The van der Waals surface area contributed by atoms with Gasteiger partial charge in [-0.15, -0.1) is 0 Å². The molecule has 19 heavy (non-hydrogen) atoms. The fourth-order valence-electron chi connectivity index (χ4n) is 2.65. The van der Waals surface area contributed by atoms with Gasteiger partial charge in [0.05, 0.1) is 5.92 Å². The van der Waals surface area contributed by atoms with Crippen molar-refractivity contribution in [3.8, 4) is 0 Å². The van der Waals surface area contributed by atoms with Gasteiger partial charge in [0.25, 0.3) is 0 Å². The van der Waals surface area contributed by atoms with Crippen LogP contribution in [0.1, 0.15) is 40.0 Å². The van der Waals surface area contributed by atoms with Gasteiger partial charge in [-0.1, -0.05) is 20.8 Å². The zero-order chi connectivity index (χ0) is 14.3. The number of likely N-dealkylation sites (tertiary alicyclic amines) is 1. The fraction of sp³-hybridized carbons (Fsp3) is 0.933. The number of hydrogen-bond acceptors (Lipinski definition) is 3. The van der Waals surface area contributed by atoms with Crippen LogP contribution in [0.25, 0.3) is 0 Å². The van der Waals surface area contributed by atoms with Crippen LogP contribution in [0.2, 0.25) is 0 Å². The average Bonchev–Trinajstić information content (AvgIpc) is 2.38. The van der Waals surface area contributed by atoms with E-state index >= 15 is 0 Å². The van der Waals surface area contributed by atoms with Gasteiger partial charge >= 0.3 is 0 Å². The second-order valence-electron chi connectivity index (χ2n) is 6.38. The first-order chi connectivity index (χ1) is 9.02. The smallest absolute Gasteiger partial charge is 0.224 e. The first-order valence-corrected chi connectivity index (χ1v) is 7.73. The van der Waals surface area contributed by atoms with Crippen LogP contribution in [0.5, 0.6) is 0 Å². The summed E-state index contributed by atoms with van der Waals surface area (Å²) in [5.74, 6) is 1.48. The van der Waals surface area contributed by atoms with Crippen molar-refractivity contribution >= 4 is 5.91 Å². The molecule has 1 fully saturated rings. The summed E-state index contributed by atoms with van der Waals surface area (Å²) in [6, 6.07) is 0. The molecule has 1 saturated heterocycles. The van der Waals surface area contributed by atoms with Gasteiger partial charge in [0, 0.05) is 19.6 Å². The zero-order valence-electron chi connectivity index (χ0n) is 12.8. The molecule has 1 amide bonds. The summed E-state index contributed by atoms with van der Waals surface area (Å²) in [4.78, 5) is 14.4. The molecule has 1 atom stereocenters. The van der Waals surface area contributed by atoms with Crippen molar-refractivity contribution in [1.82, 2.24) is 10.2 Å². The van der Waals surface area contributed by atoms with Gasteiger partial charge in [-0.2, -0.15) is 0 Å². The van der Waals surface area contributed by atoms with E-state index in [0.29, 0.717) is 12.5 Å². The van der Waals surface area contributed by atoms with Gasteiger partial charge in [-0.05, 0) is 44.2 Å². The molecule has 1 rings (SSSR count). The molecular formula is C15H31N3O. The normalized spacial score (nSPS) is 19.6. The molecule has 0 aliphatic carbocycles. The van der Waals surface area contributed by atoms with Crippen molar-refractivity contribution in [3.63, 3.8) is 0 Å². The van der Waals surface area contributed by atoms with Crippen LogP contribution in [0.4, 0.5) is 0 Å². The maximum atomic E-state index is 12.0. The van der Waals surface area contributed by atoms with Gasteiger partial charge in [0.15, 0.2) is 0 Å². The molecule has 3 N–H and O–H groups in total. The second-order valence-corrected chi connectivity index (χ2v) is 6.38. The number of amides is 1. The zero-order valence-corrected chi connectivity index (χ0v) is 12.8. The Hall–Kier alpha value is -0.610. The largest absolute Gasteiger partial charge is 0.355 e. The van der Waals surface area contributed by atoms with E-state index < -0.39 is 0 Å². The van der Waals surface area contributed by atoms with E-state index in [2.05, 4.69) is 31.0 Å². The Morgan fingerprint density at radius 3 is 2.53 bits per heavy atom. The quantitative estimate of drug-likeness (QED) is 0.735. The van der Waals surface area contributed by atoms with Crippen molar-refractivity contribution in [2.24, 2.45) is 23.5 Å². The Kier molecular flexibility index (Phi) is 7.39. The first-order valence-electron chi connectivity index (χ1n) is 7.73. The van der Waals surface area contributed by atoms with Crippen molar-refractivity contribution in [1.29, 1.82) is 0 Å². The highest BCUT2D eigenvalue weighted by atomic mass is 16.1. The van der Waals surface area contributed by atoms with Crippen molar-refractivity contribution in [3.05, 3.63) is 0 Å². The molecule has 0 radical (unpaired) electrons. The van der Waals surface area contributed by atoms with E-state index in [9.17, 15) is 4.79 Å². The summed E-state index contributed by atoms with van der Waals surface area (Å²) < 4.78 is 0. The molecule has 0 aromatic rings. The maximum Gasteiger partial charge on any atom is 0.224 e. The van der Waals surface area contributed by atoms with Crippen molar-refractivity contribution in [2.45, 2.75) is 40.0 Å². The average molecular weight is 269 g/mol. The highest BCUT2D eigenvalue weighted by molar-refractivity contribution is 5.78. The van der Waals surface area contributed by atoms with Crippen LogP contribution in [-0.4, -0.2) is 43.5 Å². The molecular weight excluding hydrogens is 238 g/mol. The topological polar surface area (TPSA) is 58.4 Å². The Morgan fingerprint density at radius 1 is 1.37 bits per heavy atom. The molecule has 1 aliphatic rings. The summed E-state index contributed by atoms with van der Waals surface area (Å²) in [7, 11) is 0. The third-order valence-electron chi connectivity index (χ3n) is 4.01. The van der Waals surface area contributed by atoms with Crippen LogP contribution in [0, 0.1) is 17.8 Å². The van der Waals surface area contributed by atoms with Crippen LogP contribution in [0.3, 0.4) is 0 Å². The summed E-state index contributed by atoms with van der Waals surface area (Å²) in [5, 5.41) is 3.04. The number of nitrogens with one attached hydrogen (secondary N) is 1. The van der Waals surface area contributed by atoms with Gasteiger partial charge in [0.1, 0.15) is 0 Å². The van der Waals surface area contributed by atoms with E-state index in [4.69, 9.17) is 5.73 Å². The molecule has 4 heteroatoms. The molecule has 0 saturated carbocycles. The number of rotatable bonds is 7. The lowest BCUT2D eigenvalue weighted by Gasteiger charge is -2.30. The molecule has 0 aromatic heterocycles. The summed E-state index contributed by atoms with van der Waals surface area (Å²) in [6.07, 6.45) is 3.45. The lowest BCUT2D eigenvalue weighted by molar-refractivity contribution is -0.125. The predicted octanol–water partition coefficient (Wildman–Crippen LogP) is 1.46. The van der Waals surface area contributed by atoms with E-state index in [-0.39, 0.29) is 11.8 Å². The number of carbonyl (C=O) groups excluding carboxylic acids is 1. The number of carbonyl (C=O) groups is 1. The lowest BCUT2D eigenvalue weighted by Crippen LogP contribution is -2.42. The van der Waals surface area contributed by atoms with Gasteiger partial charge in [-0.3, -0.25) is 4.79 Å². The second kappa shape index (κ2) is 8.54. The van der Waals surface area contributed by atoms with Gasteiger partial charge in [0.2, 0.25) is 5.91 Å². The minimum Gasteiger partial charge on any atom is -0.355 e. The van der Waals surface area contributed by atoms with Crippen LogP contribution in [0.15, 0.2) is 0 Å². The Labute approximate surface area is 118 Å². The summed E-state index contributed by atoms with van der Waals surface area (Å²) in [6.45, 7) is 11.1. The summed E-state index contributed by atoms with van der Waals surface area (Å²) >= 11 is 0. The fourth-order valence-corrected chi connectivity index (χ4v) is 2.65. The molecule has 1 unspecified atom stereocenters. The minimum absolute atomic E-state index is 0.0265. The Balaban J connectivity index is 2.18. The first kappa shape index (κ1) is 16.4. The minimum atomic E-state index is -0.0265. The Bertz CT molecular complexity index is 260. The number of hydrogen-bond donors (Lipinski definition) is 2. The Morgan fingerprint density at radius 2 is 2.00 bits per heavy atom. The van der Waals surface area contributed by atoms with Crippen molar-refractivity contribution < 1.29 is 4.79 Å². The molecule has 4 nitrogen and oxygen atoms in total. The highest BCUT2D eigenvalue weighted by Crippen LogP contribution is 2.15. The lowest BCUT2D eigenvalue weighted by atomic mass is 9.96. The highest BCUT2D eigenvalue weighted by Gasteiger charge is 2.19. The third kappa shape index (κ3) is 6.39.